The first-order valence-electron chi connectivity index (χ1n) is 6.00. The van der Waals surface area contributed by atoms with E-state index in [2.05, 4.69) is 0 Å². The Morgan fingerprint density at radius 2 is 1.84 bits per heavy atom. The number of nitrogen functional groups attached to an aromatic ring is 1. The van der Waals surface area contributed by atoms with Gasteiger partial charge < -0.3 is 20.3 Å². The van der Waals surface area contributed by atoms with Crippen LogP contribution >= 0.6 is 0 Å². The Balaban J connectivity index is 2.07. The molecule has 0 saturated carbocycles. The number of hydrogen-bond acceptors (Lipinski definition) is 4. The van der Waals surface area contributed by atoms with Crippen LogP contribution in [-0.4, -0.2) is 18.8 Å². The van der Waals surface area contributed by atoms with Gasteiger partial charge in [0.15, 0.2) is 11.5 Å². The minimum absolute atomic E-state index is 0.120. The molecule has 100 valence electrons. The fourth-order valence-corrected chi connectivity index (χ4v) is 1.78. The predicted octanol–water partition coefficient (Wildman–Crippen LogP) is 2.39. The van der Waals surface area contributed by atoms with Gasteiger partial charge in [-0.3, -0.25) is 0 Å². The molecule has 0 saturated heterocycles. The van der Waals surface area contributed by atoms with E-state index in [9.17, 15) is 5.11 Å². The maximum atomic E-state index is 10.0. The maximum absolute atomic E-state index is 10.0. The number of para-hydroxylation sites is 1. The average molecular weight is 259 g/mol. The molecular weight excluding hydrogens is 242 g/mol. The molecule has 1 unspecified atom stereocenters. The molecule has 4 nitrogen and oxygen atoms in total. The van der Waals surface area contributed by atoms with Crippen LogP contribution < -0.4 is 15.2 Å². The Bertz CT molecular complexity index is 528. The highest BCUT2D eigenvalue weighted by atomic mass is 16.5. The summed E-state index contributed by atoms with van der Waals surface area (Å²) in [5, 5.41) is 10.0. The van der Waals surface area contributed by atoms with E-state index in [1.165, 1.54) is 0 Å². The van der Waals surface area contributed by atoms with Crippen LogP contribution in [0.25, 0.3) is 0 Å². The van der Waals surface area contributed by atoms with Crippen molar-refractivity contribution in [3.63, 3.8) is 0 Å². The second-order valence-corrected chi connectivity index (χ2v) is 4.12. The van der Waals surface area contributed by atoms with Crippen LogP contribution in [0.5, 0.6) is 11.5 Å². The second kappa shape index (κ2) is 6.11. The first kappa shape index (κ1) is 13.2. The predicted molar refractivity (Wildman–Crippen MR) is 74.3 cm³/mol. The maximum Gasteiger partial charge on any atom is 0.184 e. The summed E-state index contributed by atoms with van der Waals surface area (Å²) in [6.45, 7) is 0.120. The largest absolute Gasteiger partial charge is 0.493 e. The summed E-state index contributed by atoms with van der Waals surface area (Å²) in [4.78, 5) is 0. The lowest BCUT2D eigenvalue weighted by atomic mass is 10.1. The van der Waals surface area contributed by atoms with E-state index in [0.29, 0.717) is 17.2 Å². The molecule has 0 heterocycles. The van der Waals surface area contributed by atoms with Crippen molar-refractivity contribution in [2.24, 2.45) is 0 Å². The summed E-state index contributed by atoms with van der Waals surface area (Å²) < 4.78 is 10.8. The lowest BCUT2D eigenvalue weighted by molar-refractivity contribution is 0.107. The van der Waals surface area contributed by atoms with Gasteiger partial charge in [0.2, 0.25) is 0 Å². The van der Waals surface area contributed by atoms with Gasteiger partial charge in [0, 0.05) is 0 Å². The molecule has 0 aliphatic carbocycles. The number of aliphatic hydroxyl groups excluding tert-OH is 1. The Labute approximate surface area is 112 Å². The molecule has 0 aliphatic rings. The SMILES string of the molecule is COc1cccc(N)c1OCC(O)c1ccccc1. The Hall–Kier alpha value is -2.20. The first-order chi connectivity index (χ1) is 9.22. The van der Waals surface area contributed by atoms with E-state index in [0.717, 1.165) is 5.56 Å². The molecule has 1 atom stereocenters. The number of rotatable bonds is 5. The molecule has 2 aromatic rings. The summed E-state index contributed by atoms with van der Waals surface area (Å²) >= 11 is 0. The average Bonchev–Trinajstić information content (AvgIpc) is 2.46. The van der Waals surface area contributed by atoms with Gasteiger partial charge in [-0.05, 0) is 17.7 Å². The fourth-order valence-electron chi connectivity index (χ4n) is 1.78. The third kappa shape index (κ3) is 3.17. The van der Waals surface area contributed by atoms with Crippen molar-refractivity contribution in [1.29, 1.82) is 0 Å². The van der Waals surface area contributed by atoms with Gasteiger partial charge in [0.05, 0.1) is 12.8 Å². The highest BCUT2D eigenvalue weighted by Crippen LogP contribution is 2.33. The van der Waals surface area contributed by atoms with Gasteiger partial charge in [-0.2, -0.15) is 0 Å². The van der Waals surface area contributed by atoms with E-state index in [1.807, 2.05) is 30.3 Å². The quantitative estimate of drug-likeness (QED) is 0.809. The van der Waals surface area contributed by atoms with Crippen molar-refractivity contribution in [2.45, 2.75) is 6.10 Å². The Morgan fingerprint density at radius 1 is 1.11 bits per heavy atom. The zero-order valence-electron chi connectivity index (χ0n) is 10.7. The van der Waals surface area contributed by atoms with Gasteiger partial charge in [-0.15, -0.1) is 0 Å². The zero-order valence-corrected chi connectivity index (χ0v) is 10.7. The van der Waals surface area contributed by atoms with Gasteiger partial charge in [-0.1, -0.05) is 36.4 Å². The van der Waals surface area contributed by atoms with Crippen LogP contribution in [0.1, 0.15) is 11.7 Å². The van der Waals surface area contributed by atoms with Crippen molar-refractivity contribution < 1.29 is 14.6 Å². The fraction of sp³-hybridized carbons (Fsp3) is 0.200. The Kier molecular flexibility index (Phi) is 4.26. The van der Waals surface area contributed by atoms with Gasteiger partial charge >= 0.3 is 0 Å². The highest BCUT2D eigenvalue weighted by molar-refractivity contribution is 5.60. The number of nitrogens with two attached hydrogens (primary N) is 1. The smallest absolute Gasteiger partial charge is 0.184 e. The van der Waals surface area contributed by atoms with Crippen molar-refractivity contribution >= 4 is 5.69 Å². The number of ether oxygens (including phenoxy) is 2. The summed E-state index contributed by atoms with van der Waals surface area (Å²) in [5.41, 5.74) is 7.12. The standard InChI is InChI=1S/C15H17NO3/c1-18-14-9-5-8-12(16)15(14)19-10-13(17)11-6-3-2-4-7-11/h2-9,13,17H,10,16H2,1H3. The zero-order chi connectivity index (χ0) is 13.7. The molecule has 0 spiro atoms. The van der Waals surface area contributed by atoms with E-state index < -0.39 is 6.10 Å². The number of benzene rings is 2. The molecule has 19 heavy (non-hydrogen) atoms. The van der Waals surface area contributed by atoms with Crippen LogP contribution in [0.4, 0.5) is 5.69 Å². The molecule has 0 aromatic heterocycles. The lowest BCUT2D eigenvalue weighted by Gasteiger charge is -2.16. The summed E-state index contributed by atoms with van der Waals surface area (Å²) in [5.74, 6) is 1.01. The molecule has 0 radical (unpaired) electrons. The Morgan fingerprint density at radius 3 is 2.53 bits per heavy atom. The van der Waals surface area contributed by atoms with Gasteiger partial charge in [0.1, 0.15) is 12.7 Å². The molecule has 0 aliphatic heterocycles. The molecule has 2 aromatic carbocycles. The minimum Gasteiger partial charge on any atom is -0.493 e. The molecular formula is C15H17NO3. The van der Waals surface area contributed by atoms with Crippen LogP contribution in [0.15, 0.2) is 48.5 Å². The number of aliphatic hydroxyl groups is 1. The molecule has 4 heteroatoms. The number of anilines is 1. The third-order valence-corrected chi connectivity index (χ3v) is 2.80. The summed E-state index contributed by atoms with van der Waals surface area (Å²) in [6.07, 6.45) is -0.703. The molecule has 0 amide bonds. The monoisotopic (exact) mass is 259 g/mol. The molecule has 3 N–H and O–H groups in total. The third-order valence-electron chi connectivity index (χ3n) is 2.80. The second-order valence-electron chi connectivity index (χ2n) is 4.12. The normalized spacial score (nSPS) is 11.9. The van der Waals surface area contributed by atoms with E-state index in [-0.39, 0.29) is 6.61 Å². The van der Waals surface area contributed by atoms with E-state index in [4.69, 9.17) is 15.2 Å². The minimum atomic E-state index is -0.703. The van der Waals surface area contributed by atoms with E-state index in [1.54, 1.807) is 25.3 Å². The first-order valence-corrected chi connectivity index (χ1v) is 6.00. The van der Waals surface area contributed by atoms with Crippen LogP contribution in [0.3, 0.4) is 0 Å². The molecule has 2 rings (SSSR count). The van der Waals surface area contributed by atoms with Gasteiger partial charge in [-0.25, -0.2) is 0 Å². The lowest BCUT2D eigenvalue weighted by Crippen LogP contribution is -2.11. The van der Waals surface area contributed by atoms with E-state index >= 15 is 0 Å². The summed E-state index contributed by atoms with van der Waals surface area (Å²) in [7, 11) is 1.55. The molecule has 0 fully saturated rings. The highest BCUT2D eigenvalue weighted by Gasteiger charge is 2.12. The van der Waals surface area contributed by atoms with Crippen LogP contribution in [0, 0.1) is 0 Å². The summed E-state index contributed by atoms with van der Waals surface area (Å²) in [6, 6.07) is 14.6. The van der Waals surface area contributed by atoms with Gasteiger partial charge in [0.25, 0.3) is 0 Å². The van der Waals surface area contributed by atoms with Crippen molar-refractivity contribution in [1.82, 2.24) is 0 Å². The van der Waals surface area contributed by atoms with Crippen LogP contribution in [0.2, 0.25) is 0 Å². The number of methoxy groups -OCH3 is 1. The van der Waals surface area contributed by atoms with Crippen molar-refractivity contribution in [2.75, 3.05) is 19.5 Å². The molecule has 0 bridgehead atoms. The van der Waals surface area contributed by atoms with Crippen molar-refractivity contribution in [3.8, 4) is 11.5 Å². The topological polar surface area (TPSA) is 64.7 Å². The number of hydrogen-bond donors (Lipinski definition) is 2. The van der Waals surface area contributed by atoms with Crippen molar-refractivity contribution in [3.05, 3.63) is 54.1 Å². The van der Waals surface area contributed by atoms with Crippen LogP contribution in [-0.2, 0) is 0 Å².